The molecule has 4 heteroatoms. The fourth-order valence-electron chi connectivity index (χ4n) is 3.20. The third kappa shape index (κ3) is 3.69. The van der Waals surface area contributed by atoms with Gasteiger partial charge in [0.25, 0.3) is 0 Å². The minimum atomic E-state index is -0.433. The monoisotopic (exact) mass is 289 g/mol. The first-order chi connectivity index (χ1) is 9.79. The van der Waals surface area contributed by atoms with Gasteiger partial charge in [0, 0.05) is 18.7 Å². The molecule has 1 heterocycles. The first-order valence-corrected chi connectivity index (χ1v) is 7.73. The highest BCUT2D eigenvalue weighted by atomic mass is 16.1. The van der Waals surface area contributed by atoms with E-state index in [1.165, 1.54) is 19.3 Å². The Hall–Kier alpha value is -1.71. The first kappa shape index (κ1) is 15.7. The maximum Gasteiger partial charge on any atom is 0.248 e. The smallest absolute Gasteiger partial charge is 0.248 e. The van der Waals surface area contributed by atoms with Crippen LogP contribution in [0.4, 0.5) is 11.4 Å². The van der Waals surface area contributed by atoms with Crippen LogP contribution in [0.5, 0.6) is 0 Å². The van der Waals surface area contributed by atoms with E-state index in [0.717, 1.165) is 24.7 Å². The second-order valence-corrected chi connectivity index (χ2v) is 7.12. The third-order valence-electron chi connectivity index (χ3n) is 4.61. The highest BCUT2D eigenvalue weighted by Gasteiger charge is 2.27. The van der Waals surface area contributed by atoms with Gasteiger partial charge in [-0.2, -0.15) is 0 Å². The molecule has 0 saturated carbocycles. The van der Waals surface area contributed by atoms with E-state index in [-0.39, 0.29) is 0 Å². The number of nitrogens with two attached hydrogens (primary N) is 2. The van der Waals surface area contributed by atoms with Crippen molar-refractivity contribution < 1.29 is 4.79 Å². The Morgan fingerprint density at radius 3 is 2.52 bits per heavy atom. The van der Waals surface area contributed by atoms with E-state index >= 15 is 0 Å². The van der Waals surface area contributed by atoms with E-state index in [0.29, 0.717) is 16.7 Å². The van der Waals surface area contributed by atoms with Crippen LogP contribution >= 0.6 is 0 Å². The topological polar surface area (TPSA) is 72.3 Å². The average Bonchev–Trinajstić information content (AvgIpc) is 2.63. The van der Waals surface area contributed by atoms with Crippen LogP contribution in [-0.4, -0.2) is 19.0 Å². The summed E-state index contributed by atoms with van der Waals surface area (Å²) in [5, 5.41) is 0. The average molecular weight is 289 g/mol. The summed E-state index contributed by atoms with van der Waals surface area (Å²) in [5.74, 6) is 0.311. The van der Waals surface area contributed by atoms with Crippen LogP contribution in [0.25, 0.3) is 0 Å². The van der Waals surface area contributed by atoms with Gasteiger partial charge in [-0.05, 0) is 48.8 Å². The molecule has 0 aliphatic carbocycles. The molecule has 1 unspecified atom stereocenters. The van der Waals surface area contributed by atoms with Crippen molar-refractivity contribution in [1.29, 1.82) is 0 Å². The molecule has 116 valence electrons. The Balaban J connectivity index is 2.14. The Bertz CT molecular complexity index is 519. The summed E-state index contributed by atoms with van der Waals surface area (Å²) in [5.41, 5.74) is 13.9. The number of hydrogen-bond donors (Lipinski definition) is 2. The highest BCUT2D eigenvalue weighted by Crippen LogP contribution is 2.36. The molecule has 1 aliphatic rings. The molecule has 0 radical (unpaired) electrons. The maximum absolute atomic E-state index is 11.2. The molecule has 0 bridgehead atoms. The van der Waals surface area contributed by atoms with Crippen LogP contribution in [-0.2, 0) is 0 Å². The molecular weight excluding hydrogens is 262 g/mol. The van der Waals surface area contributed by atoms with Crippen molar-refractivity contribution in [3.05, 3.63) is 23.8 Å². The summed E-state index contributed by atoms with van der Waals surface area (Å²) >= 11 is 0. The highest BCUT2D eigenvalue weighted by molar-refractivity contribution is 5.94. The zero-order chi connectivity index (χ0) is 15.6. The van der Waals surface area contributed by atoms with Gasteiger partial charge in [0.05, 0.1) is 11.4 Å². The lowest BCUT2D eigenvalue weighted by atomic mass is 9.77. The molecule has 4 N–H and O–H groups in total. The van der Waals surface area contributed by atoms with Crippen LogP contribution in [0.1, 0.15) is 50.4 Å². The van der Waals surface area contributed by atoms with E-state index in [2.05, 4.69) is 25.7 Å². The van der Waals surface area contributed by atoms with E-state index < -0.39 is 5.91 Å². The van der Waals surface area contributed by atoms with E-state index in [1.54, 1.807) is 12.1 Å². The lowest BCUT2D eigenvalue weighted by Crippen LogP contribution is -2.27. The Kier molecular flexibility index (Phi) is 4.45. The van der Waals surface area contributed by atoms with E-state index in [1.807, 2.05) is 6.07 Å². The zero-order valence-corrected chi connectivity index (χ0v) is 13.4. The number of carbonyl (C=O) groups is 1. The van der Waals surface area contributed by atoms with Gasteiger partial charge in [-0.25, -0.2) is 0 Å². The van der Waals surface area contributed by atoms with Crippen molar-refractivity contribution in [1.82, 2.24) is 0 Å². The predicted molar refractivity (Wildman–Crippen MR) is 88.4 cm³/mol. The van der Waals surface area contributed by atoms with Crippen molar-refractivity contribution in [3.8, 4) is 0 Å². The van der Waals surface area contributed by atoms with Crippen LogP contribution in [0.2, 0.25) is 0 Å². The molecule has 1 fully saturated rings. The summed E-state index contributed by atoms with van der Waals surface area (Å²) in [7, 11) is 0. The molecule has 1 atom stereocenters. The van der Waals surface area contributed by atoms with Gasteiger partial charge in [0.2, 0.25) is 5.91 Å². The number of nitrogens with zero attached hydrogens (tertiary/aromatic N) is 1. The second-order valence-electron chi connectivity index (χ2n) is 7.12. The van der Waals surface area contributed by atoms with Crippen molar-refractivity contribution in [3.63, 3.8) is 0 Å². The third-order valence-corrected chi connectivity index (χ3v) is 4.61. The molecule has 1 amide bonds. The lowest BCUT2D eigenvalue weighted by molar-refractivity contribution is 0.100. The number of rotatable bonds is 2. The Labute approximate surface area is 127 Å². The summed E-state index contributed by atoms with van der Waals surface area (Å²) < 4.78 is 0. The summed E-state index contributed by atoms with van der Waals surface area (Å²) in [4.78, 5) is 13.5. The van der Waals surface area contributed by atoms with Crippen LogP contribution in [0, 0.1) is 11.3 Å². The largest absolute Gasteiger partial charge is 0.397 e. The molecule has 2 rings (SSSR count). The molecule has 0 aromatic heterocycles. The minimum absolute atomic E-state index is 0.359. The number of anilines is 2. The first-order valence-electron chi connectivity index (χ1n) is 7.73. The predicted octanol–water partition coefficient (Wildman–Crippen LogP) is 3.02. The normalized spacial score (nSPS) is 20.1. The number of primary amides is 1. The fraction of sp³-hybridized carbons (Fsp3) is 0.588. The van der Waals surface area contributed by atoms with Gasteiger partial charge in [0.15, 0.2) is 0 Å². The Morgan fingerprint density at radius 1 is 1.24 bits per heavy atom. The molecule has 1 aromatic rings. The number of hydrogen-bond acceptors (Lipinski definition) is 3. The molecule has 0 spiro atoms. The van der Waals surface area contributed by atoms with Crippen molar-refractivity contribution >= 4 is 17.3 Å². The second kappa shape index (κ2) is 5.96. The van der Waals surface area contributed by atoms with Gasteiger partial charge in [-0.3, -0.25) is 4.79 Å². The van der Waals surface area contributed by atoms with Gasteiger partial charge < -0.3 is 16.4 Å². The van der Waals surface area contributed by atoms with Crippen molar-refractivity contribution in [2.45, 2.75) is 40.0 Å². The maximum atomic E-state index is 11.2. The minimum Gasteiger partial charge on any atom is -0.397 e. The van der Waals surface area contributed by atoms with Gasteiger partial charge in [0.1, 0.15) is 0 Å². The molecule has 1 aliphatic heterocycles. The molecule has 1 saturated heterocycles. The van der Waals surface area contributed by atoms with Gasteiger partial charge in [-0.1, -0.05) is 20.8 Å². The fourth-order valence-corrected chi connectivity index (χ4v) is 3.20. The SMILES string of the molecule is CC(C)(C)C1CCCN(c2ccc(C(N)=O)cc2N)CC1. The Morgan fingerprint density at radius 2 is 1.95 bits per heavy atom. The summed E-state index contributed by atoms with van der Waals surface area (Å²) in [6.07, 6.45) is 3.62. The molecular formula is C17H27N3O. The van der Waals surface area contributed by atoms with Gasteiger partial charge >= 0.3 is 0 Å². The standard InChI is InChI=1S/C17H27N3O/c1-17(2,3)13-5-4-9-20(10-8-13)15-7-6-12(16(19)21)11-14(15)18/h6-7,11,13H,4-5,8-10,18H2,1-3H3,(H2,19,21). The summed E-state index contributed by atoms with van der Waals surface area (Å²) in [6.45, 7) is 9.00. The van der Waals surface area contributed by atoms with Crippen molar-refractivity contribution in [2.75, 3.05) is 23.7 Å². The quantitative estimate of drug-likeness (QED) is 0.822. The van der Waals surface area contributed by atoms with Crippen molar-refractivity contribution in [2.24, 2.45) is 17.1 Å². The van der Waals surface area contributed by atoms with Crippen LogP contribution in [0.15, 0.2) is 18.2 Å². The van der Waals surface area contributed by atoms with E-state index in [4.69, 9.17) is 11.5 Å². The van der Waals surface area contributed by atoms with Gasteiger partial charge in [-0.15, -0.1) is 0 Å². The van der Waals surface area contributed by atoms with E-state index in [9.17, 15) is 4.79 Å². The molecule has 1 aromatic carbocycles. The number of amides is 1. The number of nitrogen functional groups attached to an aromatic ring is 1. The summed E-state index contributed by atoms with van der Waals surface area (Å²) in [6, 6.07) is 5.37. The zero-order valence-electron chi connectivity index (χ0n) is 13.4. The lowest BCUT2D eigenvalue weighted by Gasteiger charge is -2.30. The number of carbonyl (C=O) groups excluding carboxylic acids is 1. The number of benzene rings is 1. The molecule has 4 nitrogen and oxygen atoms in total. The molecule has 21 heavy (non-hydrogen) atoms. The van der Waals surface area contributed by atoms with Crippen LogP contribution in [0.3, 0.4) is 0 Å². The van der Waals surface area contributed by atoms with Crippen LogP contribution < -0.4 is 16.4 Å².